The van der Waals surface area contributed by atoms with E-state index in [9.17, 15) is 0 Å². The summed E-state index contributed by atoms with van der Waals surface area (Å²) in [6.07, 6.45) is 22.2. The van der Waals surface area contributed by atoms with E-state index in [0.717, 1.165) is 81.0 Å². The van der Waals surface area contributed by atoms with E-state index in [1.165, 1.54) is 55.7 Å². The molecular formula is C60H44O2. The second-order valence-corrected chi connectivity index (χ2v) is 16.9. The van der Waals surface area contributed by atoms with Crippen molar-refractivity contribution in [3.05, 3.63) is 234 Å². The molecule has 0 amide bonds. The minimum atomic E-state index is 0.101. The molecule has 3 aliphatic rings. The molecule has 2 heteroatoms. The first kappa shape index (κ1) is 36.4. The molecule has 0 spiro atoms. The Morgan fingerprint density at radius 3 is 1.97 bits per heavy atom. The lowest BCUT2D eigenvalue weighted by Crippen LogP contribution is -2.04. The maximum Gasteiger partial charge on any atom is 0.146 e. The molecule has 296 valence electrons. The van der Waals surface area contributed by atoms with Crippen LogP contribution in [0.3, 0.4) is 0 Å². The number of furan rings is 2. The molecule has 62 heavy (non-hydrogen) atoms. The van der Waals surface area contributed by atoms with Gasteiger partial charge in [0.2, 0.25) is 0 Å². The van der Waals surface area contributed by atoms with Gasteiger partial charge in [-0.3, -0.25) is 0 Å². The van der Waals surface area contributed by atoms with Gasteiger partial charge < -0.3 is 8.83 Å². The van der Waals surface area contributed by atoms with Crippen molar-refractivity contribution in [3.8, 4) is 33.4 Å². The third kappa shape index (κ3) is 6.34. The molecule has 0 aliphatic heterocycles. The number of benzene rings is 7. The zero-order chi connectivity index (χ0) is 41.0. The van der Waals surface area contributed by atoms with Gasteiger partial charge >= 0.3 is 0 Å². The number of hydrogen-bond acceptors (Lipinski definition) is 2. The predicted molar refractivity (Wildman–Crippen MR) is 259 cm³/mol. The van der Waals surface area contributed by atoms with E-state index >= 15 is 0 Å². The van der Waals surface area contributed by atoms with Gasteiger partial charge in [-0.25, -0.2) is 0 Å². The van der Waals surface area contributed by atoms with Crippen LogP contribution < -0.4 is 0 Å². The lowest BCUT2D eigenvalue weighted by molar-refractivity contribution is 0.515. The summed E-state index contributed by atoms with van der Waals surface area (Å²) >= 11 is 0. The Morgan fingerprint density at radius 2 is 1.15 bits per heavy atom. The quantitative estimate of drug-likeness (QED) is 0.161. The largest absolute Gasteiger partial charge is 0.459 e. The number of fused-ring (bicyclic) bond motifs is 6. The summed E-state index contributed by atoms with van der Waals surface area (Å²) in [6.45, 7) is 0. The van der Waals surface area contributed by atoms with Crippen LogP contribution in [0.4, 0.5) is 0 Å². The van der Waals surface area contributed by atoms with Crippen LogP contribution in [-0.2, 0) is 0 Å². The lowest BCUT2D eigenvalue weighted by atomic mass is 9.83. The van der Waals surface area contributed by atoms with Crippen molar-refractivity contribution in [2.45, 2.75) is 37.5 Å². The van der Waals surface area contributed by atoms with Crippen molar-refractivity contribution in [3.63, 3.8) is 0 Å². The van der Waals surface area contributed by atoms with Gasteiger partial charge in [0.25, 0.3) is 0 Å². The first-order chi connectivity index (χ1) is 30.7. The molecule has 2 atom stereocenters. The number of allylic oxidation sites excluding steroid dienone is 9. The molecule has 0 N–H and O–H groups in total. The average molecular weight is 797 g/mol. The number of rotatable bonds is 7. The topological polar surface area (TPSA) is 26.3 Å². The molecule has 2 unspecified atom stereocenters. The van der Waals surface area contributed by atoms with Crippen LogP contribution in [0.1, 0.15) is 71.1 Å². The molecule has 7 aromatic carbocycles. The molecule has 12 rings (SSSR count). The van der Waals surface area contributed by atoms with E-state index in [0.29, 0.717) is 5.92 Å². The minimum absolute atomic E-state index is 0.101. The fourth-order valence-corrected chi connectivity index (χ4v) is 10.1. The Labute approximate surface area is 362 Å². The van der Waals surface area contributed by atoms with Crippen LogP contribution in [0.2, 0.25) is 0 Å². The molecular weight excluding hydrogens is 753 g/mol. The Kier molecular flexibility index (Phi) is 8.96. The van der Waals surface area contributed by atoms with E-state index in [-0.39, 0.29) is 5.92 Å². The fourth-order valence-electron chi connectivity index (χ4n) is 10.1. The van der Waals surface area contributed by atoms with Crippen molar-refractivity contribution in [1.82, 2.24) is 0 Å². The maximum atomic E-state index is 7.22. The normalized spacial score (nSPS) is 17.1. The maximum absolute atomic E-state index is 7.22. The summed E-state index contributed by atoms with van der Waals surface area (Å²) in [7, 11) is 0. The molecule has 2 heterocycles. The zero-order valence-electron chi connectivity index (χ0n) is 34.4. The van der Waals surface area contributed by atoms with Crippen molar-refractivity contribution >= 4 is 50.1 Å². The van der Waals surface area contributed by atoms with Crippen LogP contribution in [-0.4, -0.2) is 0 Å². The monoisotopic (exact) mass is 796 g/mol. The highest BCUT2D eigenvalue weighted by atomic mass is 16.3. The highest BCUT2D eigenvalue weighted by Crippen LogP contribution is 2.49. The number of hydrogen-bond donors (Lipinski definition) is 0. The van der Waals surface area contributed by atoms with E-state index in [1.807, 2.05) is 0 Å². The zero-order valence-corrected chi connectivity index (χ0v) is 34.4. The van der Waals surface area contributed by atoms with Crippen LogP contribution in [0.25, 0.3) is 83.5 Å². The molecule has 0 saturated heterocycles. The SMILES string of the molecule is C1=CCCC(c2c3oc4c(c3cc3c2oc2c(-c5cccc(-c6cccc(-c7ccccc7)c6)c5)cccc23)C=CCC4c2cccc(C3=CC(c4ccccc4)CC=C3)c2)=C1. The van der Waals surface area contributed by atoms with Crippen molar-refractivity contribution in [2.24, 2.45) is 0 Å². The third-order valence-corrected chi connectivity index (χ3v) is 13.2. The summed E-state index contributed by atoms with van der Waals surface area (Å²) in [6, 6.07) is 57.2. The third-order valence-electron chi connectivity index (χ3n) is 13.2. The van der Waals surface area contributed by atoms with Crippen molar-refractivity contribution < 1.29 is 8.83 Å². The molecule has 9 aromatic rings. The van der Waals surface area contributed by atoms with E-state index in [2.05, 4.69) is 206 Å². The van der Waals surface area contributed by atoms with E-state index < -0.39 is 0 Å². The smallest absolute Gasteiger partial charge is 0.146 e. The number of para-hydroxylation sites is 1. The summed E-state index contributed by atoms with van der Waals surface area (Å²) in [5.41, 5.74) is 18.4. The molecule has 0 saturated carbocycles. The first-order valence-corrected chi connectivity index (χ1v) is 22.0. The van der Waals surface area contributed by atoms with Crippen LogP contribution in [0.15, 0.2) is 209 Å². The minimum Gasteiger partial charge on any atom is -0.459 e. The summed E-state index contributed by atoms with van der Waals surface area (Å²) in [5.74, 6) is 1.51. The Hall–Kier alpha value is -7.42. The van der Waals surface area contributed by atoms with Gasteiger partial charge in [-0.1, -0.05) is 188 Å². The second kappa shape index (κ2) is 15.2. The van der Waals surface area contributed by atoms with Gasteiger partial charge in [0, 0.05) is 39.1 Å². The fraction of sp³-hybridized carbons (Fsp3) is 0.100. The Balaban J connectivity index is 0.970. The molecule has 0 radical (unpaired) electrons. The van der Waals surface area contributed by atoms with Gasteiger partial charge in [0.15, 0.2) is 0 Å². The second-order valence-electron chi connectivity index (χ2n) is 16.9. The van der Waals surface area contributed by atoms with Crippen LogP contribution in [0, 0.1) is 0 Å². The highest BCUT2D eigenvalue weighted by molar-refractivity contribution is 6.18. The highest BCUT2D eigenvalue weighted by Gasteiger charge is 2.30. The standard InChI is InChI=1S/C60H44O2/c1-4-16-39(17-5-1)42-22-10-24-44(34-42)46-26-12-28-48(36-46)50-30-14-32-52-54-38-55-53-33-15-31-51(58(53)62-60(55)56(59(54)61-57(50)52)41-20-8-3-9-21-41)49-29-13-27-47(37-49)45-25-11-23-43(35-45)40-18-6-2-7-19-40/h1-8,10-20,22,24-30,32-38,43,51H,9,21,23,31H2. The van der Waals surface area contributed by atoms with Gasteiger partial charge in [0.05, 0.1) is 5.56 Å². The average Bonchev–Trinajstić information content (AvgIpc) is 3.92. The van der Waals surface area contributed by atoms with Gasteiger partial charge in [-0.05, 0) is 99.5 Å². The molecule has 2 aromatic heterocycles. The molecule has 3 aliphatic carbocycles. The first-order valence-electron chi connectivity index (χ1n) is 22.0. The van der Waals surface area contributed by atoms with Crippen LogP contribution >= 0.6 is 0 Å². The van der Waals surface area contributed by atoms with Gasteiger partial charge in [0.1, 0.15) is 22.5 Å². The van der Waals surface area contributed by atoms with Gasteiger partial charge in [-0.2, -0.15) is 0 Å². The molecule has 0 fully saturated rings. The molecule has 0 bridgehead atoms. The van der Waals surface area contributed by atoms with Crippen LogP contribution in [0.5, 0.6) is 0 Å². The van der Waals surface area contributed by atoms with E-state index in [1.54, 1.807) is 0 Å². The Bertz CT molecular complexity index is 3340. The lowest BCUT2D eigenvalue weighted by Gasteiger charge is -2.20. The van der Waals surface area contributed by atoms with E-state index in [4.69, 9.17) is 8.83 Å². The van der Waals surface area contributed by atoms with Crippen molar-refractivity contribution in [2.75, 3.05) is 0 Å². The predicted octanol–water partition coefficient (Wildman–Crippen LogP) is 16.7. The summed E-state index contributed by atoms with van der Waals surface area (Å²) in [5, 5.41) is 3.38. The summed E-state index contributed by atoms with van der Waals surface area (Å²) in [4.78, 5) is 0. The molecule has 2 nitrogen and oxygen atoms in total. The summed E-state index contributed by atoms with van der Waals surface area (Å²) < 4.78 is 14.4. The van der Waals surface area contributed by atoms with Crippen molar-refractivity contribution in [1.29, 1.82) is 0 Å². The van der Waals surface area contributed by atoms with Gasteiger partial charge in [-0.15, -0.1) is 0 Å². The Morgan fingerprint density at radius 1 is 0.468 bits per heavy atom.